The molecule has 3 rings (SSSR count). The van der Waals surface area contributed by atoms with Crippen LogP contribution in [0.1, 0.15) is 38.3 Å². The van der Waals surface area contributed by atoms with Gasteiger partial charge in [0.15, 0.2) is 14.9 Å². The van der Waals surface area contributed by atoms with Crippen molar-refractivity contribution in [1.82, 2.24) is 4.90 Å². The average Bonchev–Trinajstić information content (AvgIpc) is 2.97. The van der Waals surface area contributed by atoms with Crippen LogP contribution >= 0.6 is 23.8 Å². The molecule has 2 aromatic rings. The zero-order valence-electron chi connectivity index (χ0n) is 19.5. The van der Waals surface area contributed by atoms with Crippen molar-refractivity contribution < 1.29 is 17.9 Å². The van der Waals surface area contributed by atoms with Crippen LogP contribution in [0.5, 0.6) is 5.75 Å². The van der Waals surface area contributed by atoms with Gasteiger partial charge in [-0.3, -0.25) is 9.69 Å². The number of nitriles is 1. The van der Waals surface area contributed by atoms with Gasteiger partial charge in [-0.05, 0) is 81.4 Å². The van der Waals surface area contributed by atoms with E-state index in [1.807, 2.05) is 24.8 Å². The molecule has 34 heavy (non-hydrogen) atoms. The summed E-state index contributed by atoms with van der Waals surface area (Å²) < 4.78 is 29.6. The molecule has 1 saturated heterocycles. The predicted molar refractivity (Wildman–Crippen MR) is 136 cm³/mol. The second-order valence-corrected chi connectivity index (χ2v) is 11.4. The first kappa shape index (κ1) is 25.9. The van der Waals surface area contributed by atoms with Crippen molar-refractivity contribution in [3.63, 3.8) is 0 Å². The van der Waals surface area contributed by atoms with Gasteiger partial charge < -0.3 is 9.64 Å². The molecule has 0 unspecified atom stereocenters. The fourth-order valence-electron chi connectivity index (χ4n) is 3.75. The molecule has 180 valence electrons. The average molecular weight is 520 g/mol. The Morgan fingerprint density at radius 2 is 1.82 bits per heavy atom. The number of ether oxygens (including phenoxy) is 1. The molecule has 0 aliphatic carbocycles. The number of thiocarbonyl (C=S) groups is 1. The van der Waals surface area contributed by atoms with E-state index in [0.717, 1.165) is 0 Å². The van der Waals surface area contributed by atoms with Crippen molar-refractivity contribution in [3.8, 4) is 11.8 Å². The number of carbonyl (C=O) groups is 1. The third-order valence-electron chi connectivity index (χ3n) is 5.90. The fourth-order valence-corrected chi connectivity index (χ4v) is 5.34. The lowest BCUT2D eigenvalue weighted by molar-refractivity contribution is -0.123. The standard InChI is InChI=1S/C24H26ClN3O4S2/c1-5-34(30,31)19-10-8-18(9-11-19)32-14-6-13-27-23(33)28(22(29)24(27,3)4)20-12-7-17(15-26)21(25)16(20)2/h7-12H,5-6,13-14H2,1-4H3. The first-order valence-electron chi connectivity index (χ1n) is 10.8. The molecule has 7 nitrogen and oxygen atoms in total. The van der Waals surface area contributed by atoms with Gasteiger partial charge in [0.25, 0.3) is 5.91 Å². The summed E-state index contributed by atoms with van der Waals surface area (Å²) in [7, 11) is -3.25. The van der Waals surface area contributed by atoms with Crippen LogP contribution in [0.15, 0.2) is 41.3 Å². The molecule has 1 aliphatic rings. The lowest BCUT2D eigenvalue weighted by atomic mass is 10.0. The summed E-state index contributed by atoms with van der Waals surface area (Å²) in [4.78, 5) is 16.9. The van der Waals surface area contributed by atoms with E-state index in [2.05, 4.69) is 0 Å². The summed E-state index contributed by atoms with van der Waals surface area (Å²) >= 11 is 12.0. The van der Waals surface area contributed by atoms with Gasteiger partial charge in [0.1, 0.15) is 17.4 Å². The molecule has 0 radical (unpaired) electrons. The predicted octanol–water partition coefficient (Wildman–Crippen LogP) is 4.49. The smallest absolute Gasteiger partial charge is 0.258 e. The molecule has 0 saturated carbocycles. The third kappa shape index (κ3) is 4.76. The van der Waals surface area contributed by atoms with Crippen molar-refractivity contribution in [2.45, 2.75) is 44.6 Å². The van der Waals surface area contributed by atoms with Crippen LogP contribution in [-0.4, -0.2) is 48.8 Å². The molecule has 0 spiro atoms. The Morgan fingerprint density at radius 1 is 1.18 bits per heavy atom. The van der Waals surface area contributed by atoms with E-state index in [9.17, 15) is 18.5 Å². The Kier molecular flexibility index (Phi) is 7.56. The van der Waals surface area contributed by atoms with E-state index in [1.54, 1.807) is 38.1 Å². The molecular formula is C24H26ClN3O4S2. The quantitative estimate of drug-likeness (QED) is 0.374. The van der Waals surface area contributed by atoms with Crippen molar-refractivity contribution in [2.75, 3.05) is 23.8 Å². The Balaban J connectivity index is 1.68. The minimum Gasteiger partial charge on any atom is -0.494 e. The van der Waals surface area contributed by atoms with Crippen molar-refractivity contribution in [2.24, 2.45) is 0 Å². The molecule has 0 bridgehead atoms. The Morgan fingerprint density at radius 3 is 2.41 bits per heavy atom. The van der Waals surface area contributed by atoms with E-state index in [4.69, 9.17) is 28.6 Å². The lowest BCUT2D eigenvalue weighted by Crippen LogP contribution is -2.44. The largest absolute Gasteiger partial charge is 0.494 e. The van der Waals surface area contributed by atoms with E-state index in [-0.39, 0.29) is 16.6 Å². The normalized spacial score (nSPS) is 15.5. The summed E-state index contributed by atoms with van der Waals surface area (Å²) in [5, 5.41) is 9.88. The lowest BCUT2D eigenvalue weighted by Gasteiger charge is -2.29. The Bertz CT molecular complexity index is 1270. The second kappa shape index (κ2) is 9.90. The van der Waals surface area contributed by atoms with Gasteiger partial charge in [-0.15, -0.1) is 0 Å². The highest BCUT2D eigenvalue weighted by Gasteiger charge is 2.49. The minimum absolute atomic E-state index is 0.0443. The van der Waals surface area contributed by atoms with E-state index in [0.29, 0.717) is 52.3 Å². The number of halogens is 1. The van der Waals surface area contributed by atoms with Gasteiger partial charge in [0.05, 0.1) is 33.5 Å². The van der Waals surface area contributed by atoms with Gasteiger partial charge in [0.2, 0.25) is 0 Å². The van der Waals surface area contributed by atoms with Gasteiger partial charge in [0, 0.05) is 6.54 Å². The molecule has 1 fully saturated rings. The van der Waals surface area contributed by atoms with Crippen LogP contribution in [0, 0.1) is 18.3 Å². The highest BCUT2D eigenvalue weighted by Crippen LogP contribution is 2.37. The summed E-state index contributed by atoms with van der Waals surface area (Å²) in [6.07, 6.45) is 0.590. The highest BCUT2D eigenvalue weighted by atomic mass is 35.5. The van der Waals surface area contributed by atoms with Crippen LogP contribution in [0.3, 0.4) is 0 Å². The van der Waals surface area contributed by atoms with Crippen LogP contribution in [0.25, 0.3) is 0 Å². The van der Waals surface area contributed by atoms with Gasteiger partial charge >= 0.3 is 0 Å². The van der Waals surface area contributed by atoms with Crippen molar-refractivity contribution in [1.29, 1.82) is 5.26 Å². The fraction of sp³-hybridized carbons (Fsp3) is 0.375. The van der Waals surface area contributed by atoms with Crippen molar-refractivity contribution >= 4 is 50.4 Å². The summed E-state index contributed by atoms with van der Waals surface area (Å²) in [5.41, 5.74) is 0.660. The number of anilines is 1. The van der Waals surface area contributed by atoms with Crippen LogP contribution in [-0.2, 0) is 14.6 Å². The summed E-state index contributed by atoms with van der Waals surface area (Å²) in [5.74, 6) is 0.441. The molecule has 0 atom stereocenters. The van der Waals surface area contributed by atoms with Crippen LogP contribution in [0.4, 0.5) is 5.69 Å². The van der Waals surface area contributed by atoms with Gasteiger partial charge in [-0.1, -0.05) is 18.5 Å². The molecule has 10 heteroatoms. The summed E-state index contributed by atoms with van der Waals surface area (Å²) in [6, 6.07) is 11.7. The topological polar surface area (TPSA) is 90.7 Å². The minimum atomic E-state index is -3.25. The van der Waals surface area contributed by atoms with E-state index < -0.39 is 15.4 Å². The highest BCUT2D eigenvalue weighted by molar-refractivity contribution is 7.91. The third-order valence-corrected chi connectivity index (χ3v) is 8.54. The van der Waals surface area contributed by atoms with E-state index >= 15 is 0 Å². The molecule has 1 heterocycles. The first-order valence-corrected chi connectivity index (χ1v) is 13.2. The molecule has 1 amide bonds. The zero-order chi connectivity index (χ0) is 25.3. The number of amides is 1. The number of sulfone groups is 1. The number of nitrogens with zero attached hydrogens (tertiary/aromatic N) is 3. The maximum absolute atomic E-state index is 13.3. The number of rotatable bonds is 8. The Hall–Kier alpha value is -2.67. The number of carbonyl (C=O) groups excluding carboxylic acids is 1. The summed E-state index contributed by atoms with van der Waals surface area (Å²) in [6.45, 7) is 7.85. The number of benzene rings is 2. The van der Waals surface area contributed by atoms with Gasteiger partial charge in [-0.25, -0.2) is 8.42 Å². The van der Waals surface area contributed by atoms with Crippen molar-refractivity contribution in [3.05, 3.63) is 52.5 Å². The molecule has 2 aromatic carbocycles. The maximum atomic E-state index is 13.3. The van der Waals surface area contributed by atoms with E-state index in [1.165, 1.54) is 17.0 Å². The first-order chi connectivity index (χ1) is 16.0. The number of hydrogen-bond acceptors (Lipinski definition) is 6. The monoisotopic (exact) mass is 519 g/mol. The number of hydrogen-bond donors (Lipinski definition) is 0. The Labute approximate surface area is 210 Å². The molecule has 0 aromatic heterocycles. The van der Waals surface area contributed by atoms with Crippen LogP contribution in [0.2, 0.25) is 5.02 Å². The van der Waals surface area contributed by atoms with Gasteiger partial charge in [-0.2, -0.15) is 5.26 Å². The zero-order valence-corrected chi connectivity index (χ0v) is 21.9. The molecule has 0 N–H and O–H groups in total. The van der Waals surface area contributed by atoms with Crippen LogP contribution < -0.4 is 9.64 Å². The molecule has 1 aliphatic heterocycles. The molecular weight excluding hydrogens is 494 g/mol. The second-order valence-electron chi connectivity index (χ2n) is 8.39. The SMILES string of the molecule is CCS(=O)(=O)c1ccc(OCCCN2C(=S)N(c3ccc(C#N)c(Cl)c3C)C(=O)C2(C)C)cc1. The maximum Gasteiger partial charge on any atom is 0.258 e.